The van der Waals surface area contributed by atoms with E-state index in [1.54, 1.807) is 7.11 Å². The van der Waals surface area contributed by atoms with Crippen molar-refractivity contribution in [2.45, 2.75) is 38.4 Å². The number of hydrogen-bond acceptors (Lipinski definition) is 7. The van der Waals surface area contributed by atoms with Crippen molar-refractivity contribution in [2.24, 2.45) is 0 Å². The summed E-state index contributed by atoms with van der Waals surface area (Å²) in [5, 5.41) is 12.4. The van der Waals surface area contributed by atoms with Gasteiger partial charge in [0.05, 0.1) is 30.9 Å². The maximum Gasteiger partial charge on any atom is 0.229 e. The van der Waals surface area contributed by atoms with Crippen molar-refractivity contribution in [2.75, 3.05) is 32.6 Å². The molecule has 1 fully saturated rings. The van der Waals surface area contributed by atoms with Crippen LogP contribution in [0.3, 0.4) is 0 Å². The van der Waals surface area contributed by atoms with Gasteiger partial charge in [-0.3, -0.25) is 0 Å². The molecule has 0 bridgehead atoms. The van der Waals surface area contributed by atoms with Gasteiger partial charge in [0.15, 0.2) is 5.65 Å². The zero-order valence-corrected chi connectivity index (χ0v) is 17.0. The molecule has 1 atom stereocenters. The highest BCUT2D eigenvalue weighted by atomic mass is 16.5. The van der Waals surface area contributed by atoms with Crippen molar-refractivity contribution >= 4 is 22.7 Å². The molecule has 1 saturated heterocycles. The Balaban J connectivity index is 1.44. The Bertz CT molecular complexity index is 1030. The van der Waals surface area contributed by atoms with Gasteiger partial charge in [-0.15, -0.1) is 0 Å². The van der Waals surface area contributed by atoms with Crippen LogP contribution < -0.4 is 15.4 Å². The second-order valence-electron chi connectivity index (χ2n) is 8.03. The zero-order chi connectivity index (χ0) is 19.8. The number of methoxy groups -OCH3 is 1. The first-order valence-corrected chi connectivity index (χ1v) is 10.3. The minimum Gasteiger partial charge on any atom is -0.495 e. The lowest BCUT2D eigenvalue weighted by atomic mass is 9.99. The molecule has 1 aromatic carbocycles. The normalized spacial score (nSPS) is 19.4. The Labute approximate surface area is 170 Å². The van der Waals surface area contributed by atoms with Crippen LogP contribution in [0.5, 0.6) is 5.75 Å². The molecular formula is C21H27N7O. The summed E-state index contributed by atoms with van der Waals surface area (Å²) >= 11 is 0. The first-order valence-electron chi connectivity index (χ1n) is 10.3. The average Bonchev–Trinajstić information content (AvgIpc) is 3.38. The maximum atomic E-state index is 5.64. The van der Waals surface area contributed by atoms with Crippen LogP contribution >= 0.6 is 0 Å². The van der Waals surface area contributed by atoms with Crippen LogP contribution in [0.2, 0.25) is 0 Å². The lowest BCUT2D eigenvalue weighted by molar-refractivity contribution is 0.312. The Morgan fingerprint density at radius 1 is 1.28 bits per heavy atom. The zero-order valence-electron chi connectivity index (χ0n) is 17.0. The number of fused-ring (bicyclic) bond motifs is 2. The molecule has 2 aliphatic rings. The summed E-state index contributed by atoms with van der Waals surface area (Å²) in [6.07, 6.45) is 7.11. The smallest absolute Gasteiger partial charge is 0.229 e. The van der Waals surface area contributed by atoms with E-state index >= 15 is 0 Å². The largest absolute Gasteiger partial charge is 0.495 e. The summed E-state index contributed by atoms with van der Waals surface area (Å²) in [7, 11) is 3.85. The molecule has 8 heteroatoms. The minimum absolute atomic E-state index is 0.460. The van der Waals surface area contributed by atoms with Crippen molar-refractivity contribution in [3.05, 3.63) is 35.7 Å². The van der Waals surface area contributed by atoms with Crippen LogP contribution in [-0.2, 0) is 19.5 Å². The molecule has 0 spiro atoms. The summed E-state index contributed by atoms with van der Waals surface area (Å²) < 4.78 is 7.61. The predicted molar refractivity (Wildman–Crippen MR) is 113 cm³/mol. The van der Waals surface area contributed by atoms with Crippen molar-refractivity contribution in [3.8, 4) is 5.75 Å². The van der Waals surface area contributed by atoms with Gasteiger partial charge in [-0.25, -0.2) is 9.67 Å². The molecule has 152 valence electrons. The highest BCUT2D eigenvalue weighted by Gasteiger charge is 2.19. The van der Waals surface area contributed by atoms with Gasteiger partial charge in [0, 0.05) is 25.3 Å². The quantitative estimate of drug-likeness (QED) is 0.689. The van der Waals surface area contributed by atoms with Crippen molar-refractivity contribution in [1.29, 1.82) is 0 Å². The molecule has 29 heavy (non-hydrogen) atoms. The molecule has 2 aliphatic heterocycles. The SMILES string of the molecule is COc1cc2c(cc1Nc1ncc3cnn(C[C@@H]4CCCN4)c3n1)CN(C)CC2. The molecule has 5 rings (SSSR count). The van der Waals surface area contributed by atoms with Crippen LogP contribution in [0.25, 0.3) is 11.0 Å². The molecule has 0 saturated carbocycles. The predicted octanol–water partition coefficient (Wildman–Crippen LogP) is 2.32. The lowest BCUT2D eigenvalue weighted by Crippen LogP contribution is -2.27. The fourth-order valence-electron chi connectivity index (χ4n) is 4.30. The molecule has 0 aliphatic carbocycles. The van der Waals surface area contributed by atoms with Crippen LogP contribution in [0, 0.1) is 0 Å². The number of nitrogens with zero attached hydrogens (tertiary/aromatic N) is 5. The first kappa shape index (κ1) is 18.3. The molecule has 8 nitrogen and oxygen atoms in total. The van der Waals surface area contributed by atoms with Crippen molar-refractivity contribution in [1.82, 2.24) is 30.0 Å². The van der Waals surface area contributed by atoms with Gasteiger partial charge in [0.2, 0.25) is 5.95 Å². The fourth-order valence-corrected chi connectivity index (χ4v) is 4.30. The molecule has 0 amide bonds. The Morgan fingerprint density at radius 3 is 3.03 bits per heavy atom. The Hall–Kier alpha value is -2.71. The van der Waals surface area contributed by atoms with E-state index in [9.17, 15) is 0 Å². The van der Waals surface area contributed by atoms with Gasteiger partial charge in [0.1, 0.15) is 5.75 Å². The lowest BCUT2D eigenvalue weighted by Gasteiger charge is -2.26. The van der Waals surface area contributed by atoms with Gasteiger partial charge >= 0.3 is 0 Å². The molecule has 4 heterocycles. The van der Waals surface area contributed by atoms with E-state index < -0.39 is 0 Å². The van der Waals surface area contributed by atoms with Crippen LogP contribution in [0.4, 0.5) is 11.6 Å². The van der Waals surface area contributed by atoms with E-state index in [1.807, 2.05) is 17.1 Å². The third-order valence-electron chi connectivity index (χ3n) is 5.90. The number of ether oxygens (including phenoxy) is 1. The van der Waals surface area contributed by atoms with Gasteiger partial charge in [-0.05, 0) is 56.1 Å². The minimum atomic E-state index is 0.460. The monoisotopic (exact) mass is 393 g/mol. The number of hydrogen-bond donors (Lipinski definition) is 2. The highest BCUT2D eigenvalue weighted by Crippen LogP contribution is 2.33. The second-order valence-corrected chi connectivity index (χ2v) is 8.03. The van der Waals surface area contributed by atoms with E-state index in [0.29, 0.717) is 12.0 Å². The van der Waals surface area contributed by atoms with Crippen molar-refractivity contribution < 1.29 is 4.74 Å². The van der Waals surface area contributed by atoms with Crippen molar-refractivity contribution in [3.63, 3.8) is 0 Å². The first-order chi connectivity index (χ1) is 14.2. The number of anilines is 2. The molecule has 2 N–H and O–H groups in total. The molecule has 0 radical (unpaired) electrons. The Kier molecular flexibility index (Phi) is 4.81. The van der Waals surface area contributed by atoms with E-state index in [1.165, 1.54) is 24.0 Å². The van der Waals surface area contributed by atoms with Gasteiger partial charge < -0.3 is 20.3 Å². The molecule has 0 unspecified atom stereocenters. The van der Waals surface area contributed by atoms with E-state index in [2.05, 4.69) is 44.8 Å². The van der Waals surface area contributed by atoms with Gasteiger partial charge in [0.25, 0.3) is 0 Å². The number of likely N-dealkylation sites (N-methyl/N-ethyl adjacent to an activating group) is 1. The summed E-state index contributed by atoms with van der Waals surface area (Å²) in [4.78, 5) is 11.6. The Morgan fingerprint density at radius 2 is 2.21 bits per heavy atom. The number of rotatable bonds is 5. The number of aromatic nitrogens is 4. The topological polar surface area (TPSA) is 80.1 Å². The number of nitrogens with one attached hydrogen (secondary N) is 2. The molecule has 3 aromatic rings. The van der Waals surface area contributed by atoms with E-state index in [-0.39, 0.29) is 0 Å². The third-order valence-corrected chi connectivity index (χ3v) is 5.90. The third kappa shape index (κ3) is 3.65. The van der Waals surface area contributed by atoms with Crippen LogP contribution in [0.1, 0.15) is 24.0 Å². The maximum absolute atomic E-state index is 5.64. The van der Waals surface area contributed by atoms with Gasteiger partial charge in [-0.2, -0.15) is 10.1 Å². The molecular weight excluding hydrogens is 366 g/mol. The standard InChI is InChI=1S/C21H27N7O/c1-27-7-5-14-9-19(29-2)18(8-15(14)12-27)25-21-23-10-16-11-24-28(20(16)26-21)13-17-4-3-6-22-17/h8-11,17,22H,3-7,12-13H2,1-2H3,(H,23,25,26)/t17-/m0/s1. The second kappa shape index (κ2) is 7.61. The fraction of sp³-hybridized carbons (Fsp3) is 0.476. The summed E-state index contributed by atoms with van der Waals surface area (Å²) in [6.45, 7) is 3.92. The summed E-state index contributed by atoms with van der Waals surface area (Å²) in [5.41, 5.74) is 4.42. The highest BCUT2D eigenvalue weighted by molar-refractivity contribution is 5.76. The van der Waals surface area contributed by atoms with Crippen LogP contribution in [-0.4, -0.2) is 57.9 Å². The summed E-state index contributed by atoms with van der Waals surface area (Å²) in [5.74, 6) is 1.38. The van der Waals surface area contributed by atoms with Crippen LogP contribution in [0.15, 0.2) is 24.5 Å². The number of benzene rings is 1. The molecule has 2 aromatic heterocycles. The average molecular weight is 393 g/mol. The van der Waals surface area contributed by atoms with E-state index in [4.69, 9.17) is 9.72 Å². The van der Waals surface area contributed by atoms with Gasteiger partial charge in [-0.1, -0.05) is 0 Å². The van der Waals surface area contributed by atoms with E-state index in [0.717, 1.165) is 55.1 Å². The summed E-state index contributed by atoms with van der Waals surface area (Å²) in [6, 6.07) is 4.76.